The van der Waals surface area contributed by atoms with Crippen LogP contribution >= 0.6 is 0 Å². The SMILES string of the molecule is CC(C)CNCCNCc1ccc2c(c1)CCO2. The van der Waals surface area contributed by atoms with Gasteiger partial charge in [-0.2, -0.15) is 0 Å². The average molecular weight is 248 g/mol. The van der Waals surface area contributed by atoms with Crippen molar-refractivity contribution < 1.29 is 4.74 Å². The molecule has 0 aliphatic carbocycles. The van der Waals surface area contributed by atoms with Gasteiger partial charge >= 0.3 is 0 Å². The lowest BCUT2D eigenvalue weighted by molar-refractivity contribution is 0.357. The molecule has 0 saturated carbocycles. The smallest absolute Gasteiger partial charge is 0.122 e. The summed E-state index contributed by atoms with van der Waals surface area (Å²) in [6.07, 6.45) is 1.05. The van der Waals surface area contributed by atoms with Gasteiger partial charge in [-0.05, 0) is 29.7 Å². The maximum Gasteiger partial charge on any atom is 0.122 e. The molecule has 2 N–H and O–H groups in total. The van der Waals surface area contributed by atoms with Crippen molar-refractivity contribution in [2.24, 2.45) is 5.92 Å². The minimum Gasteiger partial charge on any atom is -0.493 e. The zero-order valence-corrected chi connectivity index (χ0v) is 11.5. The molecule has 3 nitrogen and oxygen atoms in total. The summed E-state index contributed by atoms with van der Waals surface area (Å²) in [6.45, 7) is 9.38. The highest BCUT2D eigenvalue weighted by atomic mass is 16.5. The molecule has 1 aromatic carbocycles. The Hall–Kier alpha value is -1.06. The lowest BCUT2D eigenvalue weighted by atomic mass is 10.1. The van der Waals surface area contributed by atoms with E-state index in [4.69, 9.17) is 4.74 Å². The van der Waals surface area contributed by atoms with E-state index in [9.17, 15) is 0 Å². The van der Waals surface area contributed by atoms with Crippen LogP contribution in [0.4, 0.5) is 0 Å². The van der Waals surface area contributed by atoms with Crippen LogP contribution in [0.2, 0.25) is 0 Å². The molecule has 0 saturated heterocycles. The average Bonchev–Trinajstić information content (AvgIpc) is 2.80. The van der Waals surface area contributed by atoms with Gasteiger partial charge in [0.1, 0.15) is 5.75 Å². The summed E-state index contributed by atoms with van der Waals surface area (Å²) >= 11 is 0. The van der Waals surface area contributed by atoms with Gasteiger partial charge in [0.25, 0.3) is 0 Å². The molecule has 0 bridgehead atoms. The molecule has 1 aromatic rings. The Labute approximate surface area is 110 Å². The molecule has 3 heteroatoms. The van der Waals surface area contributed by atoms with E-state index in [0.717, 1.165) is 50.9 Å². The van der Waals surface area contributed by atoms with Gasteiger partial charge in [0.15, 0.2) is 0 Å². The maximum absolute atomic E-state index is 5.50. The van der Waals surface area contributed by atoms with Crippen LogP contribution < -0.4 is 15.4 Å². The molecular formula is C15H24N2O. The Balaban J connectivity index is 1.65. The van der Waals surface area contributed by atoms with E-state index >= 15 is 0 Å². The summed E-state index contributed by atoms with van der Waals surface area (Å²) in [5.41, 5.74) is 2.70. The van der Waals surface area contributed by atoms with E-state index in [1.54, 1.807) is 0 Å². The molecule has 1 aliphatic rings. The van der Waals surface area contributed by atoms with E-state index in [0.29, 0.717) is 0 Å². The molecule has 0 spiro atoms. The van der Waals surface area contributed by atoms with Crippen molar-refractivity contribution in [3.63, 3.8) is 0 Å². The third-order valence-electron chi connectivity index (χ3n) is 3.11. The summed E-state index contributed by atoms with van der Waals surface area (Å²) in [6, 6.07) is 6.51. The van der Waals surface area contributed by atoms with Crippen LogP contribution in [0.3, 0.4) is 0 Å². The third kappa shape index (κ3) is 4.00. The Bertz CT molecular complexity index is 377. The first-order valence-electron chi connectivity index (χ1n) is 6.92. The highest BCUT2D eigenvalue weighted by Gasteiger charge is 2.11. The van der Waals surface area contributed by atoms with E-state index < -0.39 is 0 Å². The predicted octanol–water partition coefficient (Wildman–Crippen LogP) is 1.96. The second kappa shape index (κ2) is 6.76. The van der Waals surface area contributed by atoms with Crippen molar-refractivity contribution in [2.75, 3.05) is 26.2 Å². The van der Waals surface area contributed by atoms with E-state index in [1.807, 2.05) is 0 Å². The second-order valence-electron chi connectivity index (χ2n) is 5.32. The molecule has 18 heavy (non-hydrogen) atoms. The van der Waals surface area contributed by atoms with Crippen LogP contribution in [0.15, 0.2) is 18.2 Å². The monoisotopic (exact) mass is 248 g/mol. The van der Waals surface area contributed by atoms with Gasteiger partial charge < -0.3 is 15.4 Å². The topological polar surface area (TPSA) is 33.3 Å². The quantitative estimate of drug-likeness (QED) is 0.724. The van der Waals surface area contributed by atoms with Gasteiger partial charge in [-0.3, -0.25) is 0 Å². The first-order valence-corrected chi connectivity index (χ1v) is 6.92. The fourth-order valence-electron chi connectivity index (χ4n) is 2.15. The zero-order chi connectivity index (χ0) is 12.8. The van der Waals surface area contributed by atoms with E-state index in [2.05, 4.69) is 42.7 Å². The predicted molar refractivity (Wildman–Crippen MR) is 75.1 cm³/mol. The lowest BCUT2D eigenvalue weighted by Crippen LogP contribution is -2.29. The molecule has 0 atom stereocenters. The highest BCUT2D eigenvalue weighted by Crippen LogP contribution is 2.25. The van der Waals surface area contributed by atoms with Crippen molar-refractivity contribution >= 4 is 0 Å². The zero-order valence-electron chi connectivity index (χ0n) is 11.5. The van der Waals surface area contributed by atoms with Crippen LogP contribution in [-0.2, 0) is 13.0 Å². The number of nitrogens with one attached hydrogen (secondary N) is 2. The number of hydrogen-bond acceptors (Lipinski definition) is 3. The Morgan fingerprint density at radius 3 is 2.89 bits per heavy atom. The van der Waals surface area contributed by atoms with Crippen molar-refractivity contribution in [1.29, 1.82) is 0 Å². The number of hydrogen-bond donors (Lipinski definition) is 2. The van der Waals surface area contributed by atoms with Crippen LogP contribution in [0.1, 0.15) is 25.0 Å². The number of fused-ring (bicyclic) bond motifs is 1. The molecule has 0 amide bonds. The van der Waals surface area contributed by atoms with Gasteiger partial charge in [0, 0.05) is 26.1 Å². The van der Waals surface area contributed by atoms with Crippen molar-refractivity contribution in [1.82, 2.24) is 10.6 Å². The number of benzene rings is 1. The van der Waals surface area contributed by atoms with E-state index in [-0.39, 0.29) is 0 Å². The number of ether oxygens (including phenoxy) is 1. The van der Waals surface area contributed by atoms with Crippen LogP contribution in [-0.4, -0.2) is 26.2 Å². The van der Waals surface area contributed by atoms with Gasteiger partial charge in [-0.1, -0.05) is 26.0 Å². The Morgan fingerprint density at radius 1 is 1.22 bits per heavy atom. The second-order valence-corrected chi connectivity index (χ2v) is 5.32. The molecule has 0 radical (unpaired) electrons. The summed E-state index contributed by atoms with van der Waals surface area (Å²) in [5.74, 6) is 1.79. The van der Waals surface area contributed by atoms with Gasteiger partial charge in [0.2, 0.25) is 0 Å². The number of rotatable bonds is 7. The largest absolute Gasteiger partial charge is 0.493 e. The summed E-state index contributed by atoms with van der Waals surface area (Å²) in [7, 11) is 0. The maximum atomic E-state index is 5.50. The minimum atomic E-state index is 0.724. The first-order chi connectivity index (χ1) is 8.75. The fourth-order valence-corrected chi connectivity index (χ4v) is 2.15. The van der Waals surface area contributed by atoms with E-state index in [1.165, 1.54) is 11.1 Å². The normalized spacial score (nSPS) is 13.7. The summed E-state index contributed by atoms with van der Waals surface area (Å²) < 4.78 is 5.50. The Morgan fingerprint density at radius 2 is 2.06 bits per heavy atom. The first kappa shape index (κ1) is 13.4. The van der Waals surface area contributed by atoms with Crippen LogP contribution in [0.25, 0.3) is 0 Å². The van der Waals surface area contributed by atoms with Gasteiger partial charge in [-0.15, -0.1) is 0 Å². The molecule has 2 rings (SSSR count). The molecule has 0 unspecified atom stereocenters. The van der Waals surface area contributed by atoms with Crippen LogP contribution in [0.5, 0.6) is 5.75 Å². The summed E-state index contributed by atoms with van der Waals surface area (Å²) in [5, 5.41) is 6.89. The summed E-state index contributed by atoms with van der Waals surface area (Å²) in [4.78, 5) is 0. The minimum absolute atomic E-state index is 0.724. The standard InChI is InChI=1S/C15H24N2O/c1-12(2)10-16-6-7-17-11-13-3-4-15-14(9-13)5-8-18-15/h3-4,9,12,16-17H,5-8,10-11H2,1-2H3. The molecule has 0 aromatic heterocycles. The van der Waals surface area contributed by atoms with Crippen molar-refractivity contribution in [2.45, 2.75) is 26.8 Å². The van der Waals surface area contributed by atoms with Crippen molar-refractivity contribution in [3.8, 4) is 5.75 Å². The highest BCUT2D eigenvalue weighted by molar-refractivity contribution is 5.39. The lowest BCUT2D eigenvalue weighted by Gasteiger charge is -2.09. The molecule has 0 fully saturated rings. The molecule has 1 heterocycles. The molecule has 1 aliphatic heterocycles. The molecule has 100 valence electrons. The molecular weight excluding hydrogens is 224 g/mol. The van der Waals surface area contributed by atoms with Crippen LogP contribution in [0, 0.1) is 5.92 Å². The van der Waals surface area contributed by atoms with Gasteiger partial charge in [-0.25, -0.2) is 0 Å². The Kier molecular flexibility index (Phi) is 5.02. The fraction of sp³-hybridized carbons (Fsp3) is 0.600. The van der Waals surface area contributed by atoms with Gasteiger partial charge in [0.05, 0.1) is 6.61 Å². The van der Waals surface area contributed by atoms with Crippen molar-refractivity contribution in [3.05, 3.63) is 29.3 Å². The third-order valence-corrected chi connectivity index (χ3v) is 3.11.